The van der Waals surface area contributed by atoms with E-state index >= 15 is 0 Å². The van der Waals surface area contributed by atoms with E-state index in [2.05, 4.69) is 18.8 Å². The van der Waals surface area contributed by atoms with Gasteiger partial charge >= 0.3 is 0 Å². The molecule has 0 amide bonds. The molecule has 0 saturated heterocycles. The highest BCUT2D eigenvalue weighted by Gasteiger charge is 1.97. The van der Waals surface area contributed by atoms with Gasteiger partial charge in [-0.1, -0.05) is 43.2 Å². The lowest BCUT2D eigenvalue weighted by atomic mass is 10.2. The highest BCUT2D eigenvalue weighted by Crippen LogP contribution is 2.14. The number of hydrogen-bond donors (Lipinski definition) is 0. The van der Waals surface area contributed by atoms with Gasteiger partial charge < -0.3 is 0 Å². The fourth-order valence-electron chi connectivity index (χ4n) is 1.20. The molecule has 0 nitrogen and oxygen atoms in total. The first-order chi connectivity index (χ1) is 7.24. The Bertz CT molecular complexity index is 374. The predicted molar refractivity (Wildman–Crippen MR) is 62.4 cm³/mol. The fraction of sp³-hybridized carbons (Fsp3) is 0.385. The molecular formula is C13H14ClF. The number of unbranched alkanes of at least 4 members (excludes halogenated alkanes) is 3. The van der Waals surface area contributed by atoms with Gasteiger partial charge in [-0.3, -0.25) is 0 Å². The summed E-state index contributed by atoms with van der Waals surface area (Å²) in [5.41, 5.74) is 0.688. The first-order valence-electron chi connectivity index (χ1n) is 5.18. The lowest BCUT2D eigenvalue weighted by molar-refractivity contribution is 0.628. The normalized spacial score (nSPS) is 9.53. The van der Waals surface area contributed by atoms with Crippen LogP contribution in [0.25, 0.3) is 0 Å². The van der Waals surface area contributed by atoms with Crippen LogP contribution in [-0.2, 0) is 0 Å². The van der Waals surface area contributed by atoms with Crippen LogP contribution in [0, 0.1) is 17.7 Å². The van der Waals surface area contributed by atoms with Crippen molar-refractivity contribution in [1.29, 1.82) is 0 Å². The van der Waals surface area contributed by atoms with Crippen molar-refractivity contribution in [3.8, 4) is 11.8 Å². The SMILES string of the molecule is CCCCCC#Cc1ccc(Cl)c(F)c1. The molecule has 1 aromatic carbocycles. The highest BCUT2D eigenvalue weighted by atomic mass is 35.5. The van der Waals surface area contributed by atoms with E-state index in [0.717, 1.165) is 12.8 Å². The van der Waals surface area contributed by atoms with Gasteiger partial charge in [-0.05, 0) is 24.6 Å². The molecule has 15 heavy (non-hydrogen) atoms. The van der Waals surface area contributed by atoms with Crippen LogP contribution in [0.4, 0.5) is 4.39 Å². The molecule has 0 aliphatic carbocycles. The van der Waals surface area contributed by atoms with Crippen LogP contribution in [0.3, 0.4) is 0 Å². The van der Waals surface area contributed by atoms with Gasteiger partial charge in [-0.15, -0.1) is 0 Å². The molecule has 0 fully saturated rings. The second-order valence-corrected chi connectivity index (χ2v) is 3.79. The summed E-state index contributed by atoms with van der Waals surface area (Å²) in [6.07, 6.45) is 4.37. The Hall–Kier alpha value is -1.00. The van der Waals surface area contributed by atoms with E-state index in [1.807, 2.05) is 0 Å². The Balaban J connectivity index is 2.53. The summed E-state index contributed by atoms with van der Waals surface area (Å²) in [5, 5.41) is 0.145. The van der Waals surface area contributed by atoms with E-state index in [1.54, 1.807) is 6.07 Å². The lowest BCUT2D eigenvalue weighted by Crippen LogP contribution is -1.80. The van der Waals surface area contributed by atoms with Crippen molar-refractivity contribution >= 4 is 11.6 Å². The standard InChI is InChI=1S/C13H14ClF/c1-2-3-4-5-6-7-11-8-9-12(14)13(15)10-11/h8-10H,2-5H2,1H3. The Labute approximate surface area is 95.5 Å². The number of halogens is 2. The third kappa shape index (κ3) is 4.36. The Kier molecular flexibility index (Phi) is 5.21. The van der Waals surface area contributed by atoms with Gasteiger partial charge in [0.05, 0.1) is 5.02 Å². The molecule has 2 heteroatoms. The first kappa shape index (κ1) is 12.1. The molecule has 1 aromatic rings. The molecule has 0 saturated carbocycles. The topological polar surface area (TPSA) is 0 Å². The zero-order chi connectivity index (χ0) is 11.1. The zero-order valence-corrected chi connectivity index (χ0v) is 9.57. The first-order valence-corrected chi connectivity index (χ1v) is 5.55. The van der Waals surface area contributed by atoms with Crippen LogP contribution < -0.4 is 0 Å². The summed E-state index contributed by atoms with van der Waals surface area (Å²) in [6, 6.07) is 4.64. The van der Waals surface area contributed by atoms with Gasteiger partial charge in [-0.25, -0.2) is 4.39 Å². The summed E-state index contributed by atoms with van der Waals surface area (Å²) in [4.78, 5) is 0. The van der Waals surface area contributed by atoms with Crippen LogP contribution in [0.5, 0.6) is 0 Å². The predicted octanol–water partition coefficient (Wildman–Crippen LogP) is 4.41. The molecule has 0 atom stereocenters. The highest BCUT2D eigenvalue weighted by molar-refractivity contribution is 6.30. The third-order valence-corrected chi connectivity index (χ3v) is 2.36. The van der Waals surface area contributed by atoms with E-state index < -0.39 is 5.82 Å². The smallest absolute Gasteiger partial charge is 0.143 e. The summed E-state index contributed by atoms with van der Waals surface area (Å²) in [7, 11) is 0. The van der Waals surface area contributed by atoms with E-state index in [1.165, 1.54) is 25.0 Å². The van der Waals surface area contributed by atoms with Crippen molar-refractivity contribution < 1.29 is 4.39 Å². The van der Waals surface area contributed by atoms with E-state index in [0.29, 0.717) is 5.56 Å². The summed E-state index contributed by atoms with van der Waals surface area (Å²) >= 11 is 5.56. The summed E-state index contributed by atoms with van der Waals surface area (Å²) in [6.45, 7) is 2.15. The minimum absolute atomic E-state index is 0.145. The van der Waals surface area contributed by atoms with E-state index in [-0.39, 0.29) is 5.02 Å². The Morgan fingerprint density at radius 3 is 2.80 bits per heavy atom. The molecule has 0 unspecified atom stereocenters. The fourth-order valence-corrected chi connectivity index (χ4v) is 1.32. The second kappa shape index (κ2) is 6.48. The largest absolute Gasteiger partial charge is 0.205 e. The van der Waals surface area contributed by atoms with E-state index in [9.17, 15) is 4.39 Å². The lowest BCUT2D eigenvalue weighted by Gasteiger charge is -1.94. The number of hydrogen-bond acceptors (Lipinski definition) is 0. The van der Waals surface area contributed by atoms with Crippen LogP contribution >= 0.6 is 11.6 Å². The number of rotatable bonds is 3. The molecule has 0 aliphatic rings. The number of benzene rings is 1. The average Bonchev–Trinajstić information content (AvgIpc) is 2.23. The molecule has 0 N–H and O–H groups in total. The third-order valence-electron chi connectivity index (χ3n) is 2.06. The van der Waals surface area contributed by atoms with Crippen molar-refractivity contribution in [2.24, 2.45) is 0 Å². The van der Waals surface area contributed by atoms with Crippen LogP contribution in [0.1, 0.15) is 38.2 Å². The van der Waals surface area contributed by atoms with Crippen molar-refractivity contribution in [2.75, 3.05) is 0 Å². The van der Waals surface area contributed by atoms with E-state index in [4.69, 9.17) is 11.6 Å². The van der Waals surface area contributed by atoms with Crippen molar-refractivity contribution in [3.63, 3.8) is 0 Å². The Morgan fingerprint density at radius 2 is 2.13 bits per heavy atom. The van der Waals surface area contributed by atoms with Gasteiger partial charge in [0.15, 0.2) is 0 Å². The van der Waals surface area contributed by atoms with Crippen LogP contribution in [0.15, 0.2) is 18.2 Å². The van der Waals surface area contributed by atoms with Gasteiger partial charge in [0, 0.05) is 12.0 Å². The molecule has 1 rings (SSSR count). The molecule has 0 aromatic heterocycles. The monoisotopic (exact) mass is 224 g/mol. The second-order valence-electron chi connectivity index (χ2n) is 3.39. The molecule has 0 heterocycles. The molecule has 0 spiro atoms. The van der Waals surface area contributed by atoms with Gasteiger partial charge in [-0.2, -0.15) is 0 Å². The van der Waals surface area contributed by atoms with Crippen molar-refractivity contribution in [3.05, 3.63) is 34.6 Å². The molecular weight excluding hydrogens is 211 g/mol. The zero-order valence-electron chi connectivity index (χ0n) is 8.82. The maximum absolute atomic E-state index is 13.0. The van der Waals surface area contributed by atoms with Gasteiger partial charge in [0.25, 0.3) is 0 Å². The van der Waals surface area contributed by atoms with Crippen LogP contribution in [0.2, 0.25) is 5.02 Å². The van der Waals surface area contributed by atoms with Crippen LogP contribution in [-0.4, -0.2) is 0 Å². The molecule has 0 aliphatic heterocycles. The van der Waals surface area contributed by atoms with Gasteiger partial charge in [0.1, 0.15) is 5.82 Å². The quantitative estimate of drug-likeness (QED) is 0.527. The van der Waals surface area contributed by atoms with Crippen molar-refractivity contribution in [1.82, 2.24) is 0 Å². The summed E-state index contributed by atoms with van der Waals surface area (Å²) < 4.78 is 13.0. The molecule has 0 radical (unpaired) electrons. The average molecular weight is 225 g/mol. The maximum atomic E-state index is 13.0. The minimum atomic E-state index is -0.406. The molecule has 80 valence electrons. The maximum Gasteiger partial charge on any atom is 0.143 e. The Morgan fingerprint density at radius 1 is 1.33 bits per heavy atom. The summed E-state index contributed by atoms with van der Waals surface area (Å²) in [5.74, 6) is 5.54. The minimum Gasteiger partial charge on any atom is -0.205 e. The molecule has 0 bridgehead atoms. The van der Waals surface area contributed by atoms with Crippen molar-refractivity contribution in [2.45, 2.75) is 32.6 Å². The van der Waals surface area contributed by atoms with Gasteiger partial charge in [0.2, 0.25) is 0 Å².